The fourth-order valence-corrected chi connectivity index (χ4v) is 4.22. The molecule has 0 saturated carbocycles. The van der Waals surface area contributed by atoms with E-state index in [-0.39, 0.29) is 5.91 Å². The number of aliphatic imine (C=N–C) groups is 1. The van der Waals surface area contributed by atoms with Gasteiger partial charge in [0.15, 0.2) is 5.17 Å². The third-order valence-electron chi connectivity index (χ3n) is 5.11. The van der Waals surface area contributed by atoms with Gasteiger partial charge in [-0.1, -0.05) is 19.1 Å². The average Bonchev–Trinajstić information content (AvgIpc) is 3.13. The van der Waals surface area contributed by atoms with Crippen LogP contribution < -0.4 is 15.0 Å². The van der Waals surface area contributed by atoms with E-state index in [1.54, 1.807) is 7.11 Å². The number of thioether (sulfide) groups is 1. The second-order valence-electron chi connectivity index (χ2n) is 7.03. The summed E-state index contributed by atoms with van der Waals surface area (Å²) in [6.45, 7) is 5.30. The number of carbonyl (C=O) groups is 1. The summed E-state index contributed by atoms with van der Waals surface area (Å²) < 4.78 is 11.0. The van der Waals surface area contributed by atoms with Crippen LogP contribution in [0.2, 0.25) is 0 Å². The number of rotatable bonds is 5. The molecule has 2 fully saturated rings. The first kappa shape index (κ1) is 20.5. The monoisotopic (exact) mass is 423 g/mol. The zero-order valence-corrected chi connectivity index (χ0v) is 18.0. The lowest BCUT2D eigenvalue weighted by Gasteiger charge is -2.29. The number of anilines is 1. The second kappa shape index (κ2) is 9.36. The van der Waals surface area contributed by atoms with Gasteiger partial charge in [0.25, 0.3) is 5.91 Å². The topological polar surface area (TPSA) is 63.2 Å². The van der Waals surface area contributed by atoms with Crippen molar-refractivity contribution in [1.82, 2.24) is 5.32 Å². The molecule has 2 heterocycles. The normalized spacial score (nSPS) is 19.4. The van der Waals surface area contributed by atoms with E-state index in [2.05, 4.69) is 40.3 Å². The maximum atomic E-state index is 12.4. The molecule has 1 N–H and O–H groups in total. The highest BCUT2D eigenvalue weighted by atomic mass is 32.2. The summed E-state index contributed by atoms with van der Waals surface area (Å²) in [6.07, 6.45) is 2.84. The maximum Gasteiger partial charge on any atom is 0.264 e. The molecule has 0 aliphatic carbocycles. The van der Waals surface area contributed by atoms with Crippen LogP contribution in [-0.4, -0.2) is 44.5 Å². The van der Waals surface area contributed by atoms with Crippen LogP contribution >= 0.6 is 11.8 Å². The summed E-state index contributed by atoms with van der Waals surface area (Å²) in [6, 6.07) is 14.1. The van der Waals surface area contributed by atoms with Crippen molar-refractivity contribution in [2.45, 2.75) is 13.3 Å². The molecule has 0 unspecified atom stereocenters. The first-order chi connectivity index (χ1) is 14.7. The van der Waals surface area contributed by atoms with Crippen LogP contribution in [-0.2, 0) is 16.0 Å². The Morgan fingerprint density at radius 1 is 1.20 bits per heavy atom. The molecule has 0 aromatic heterocycles. The van der Waals surface area contributed by atoms with Gasteiger partial charge in [0.05, 0.1) is 30.9 Å². The van der Waals surface area contributed by atoms with Gasteiger partial charge in [-0.25, -0.2) is 4.99 Å². The van der Waals surface area contributed by atoms with Crippen LogP contribution in [0.15, 0.2) is 52.4 Å². The number of methoxy groups -OCH3 is 1. The highest BCUT2D eigenvalue weighted by Gasteiger charge is 2.24. The first-order valence-electron chi connectivity index (χ1n) is 10.1. The smallest absolute Gasteiger partial charge is 0.264 e. The predicted octanol–water partition coefficient (Wildman–Crippen LogP) is 3.99. The van der Waals surface area contributed by atoms with E-state index in [4.69, 9.17) is 9.47 Å². The van der Waals surface area contributed by atoms with Gasteiger partial charge in [-0.15, -0.1) is 0 Å². The second-order valence-corrected chi connectivity index (χ2v) is 8.06. The number of ether oxygens (including phenoxy) is 2. The van der Waals surface area contributed by atoms with Crippen molar-refractivity contribution < 1.29 is 14.3 Å². The number of amidine groups is 1. The Labute approximate surface area is 181 Å². The number of benzene rings is 2. The molecule has 0 bridgehead atoms. The Morgan fingerprint density at radius 2 is 1.97 bits per heavy atom. The Hall–Kier alpha value is -2.77. The molecule has 156 valence electrons. The zero-order chi connectivity index (χ0) is 20.9. The largest absolute Gasteiger partial charge is 0.496 e. The van der Waals surface area contributed by atoms with Crippen molar-refractivity contribution in [2.24, 2.45) is 4.99 Å². The Balaban J connectivity index is 1.53. The van der Waals surface area contributed by atoms with Crippen molar-refractivity contribution in [3.05, 3.63) is 58.5 Å². The first-order valence-corrected chi connectivity index (χ1v) is 10.9. The summed E-state index contributed by atoms with van der Waals surface area (Å²) in [5.74, 6) is 0.587. The van der Waals surface area contributed by atoms with E-state index in [9.17, 15) is 4.79 Å². The van der Waals surface area contributed by atoms with E-state index in [0.29, 0.717) is 10.1 Å². The SMILES string of the molecule is CCc1ccc(N=C2NC(=O)/C(=C/c3ccc(N4CCOCC4)cc3OC)S2)cc1. The van der Waals surface area contributed by atoms with Crippen molar-refractivity contribution in [1.29, 1.82) is 0 Å². The Morgan fingerprint density at radius 3 is 2.67 bits per heavy atom. The van der Waals surface area contributed by atoms with E-state index in [1.807, 2.05) is 30.3 Å². The molecule has 0 spiro atoms. The molecular formula is C23H25N3O3S. The molecule has 0 radical (unpaired) electrons. The van der Waals surface area contributed by atoms with Crippen LogP contribution in [0.3, 0.4) is 0 Å². The fourth-order valence-electron chi connectivity index (χ4n) is 3.38. The molecule has 2 aromatic rings. The summed E-state index contributed by atoms with van der Waals surface area (Å²) in [7, 11) is 1.65. The molecular weight excluding hydrogens is 398 g/mol. The minimum Gasteiger partial charge on any atom is -0.496 e. The lowest BCUT2D eigenvalue weighted by Crippen LogP contribution is -2.36. The maximum absolute atomic E-state index is 12.4. The van der Waals surface area contributed by atoms with Crippen LogP contribution in [0.5, 0.6) is 5.75 Å². The molecule has 0 atom stereocenters. The molecule has 2 saturated heterocycles. The fraction of sp³-hybridized carbons (Fsp3) is 0.304. The molecule has 7 heteroatoms. The van der Waals surface area contributed by atoms with Gasteiger partial charge in [-0.05, 0) is 54.1 Å². The Kier molecular flexibility index (Phi) is 6.40. The van der Waals surface area contributed by atoms with E-state index in [1.165, 1.54) is 17.3 Å². The lowest BCUT2D eigenvalue weighted by molar-refractivity contribution is -0.115. The molecule has 4 rings (SSSR count). The van der Waals surface area contributed by atoms with Gasteiger partial charge in [-0.3, -0.25) is 4.79 Å². The number of hydrogen-bond donors (Lipinski definition) is 1. The predicted molar refractivity (Wildman–Crippen MR) is 123 cm³/mol. The van der Waals surface area contributed by atoms with Gasteiger partial charge < -0.3 is 19.7 Å². The summed E-state index contributed by atoms with van der Waals surface area (Å²) in [5, 5.41) is 3.43. The number of nitrogens with one attached hydrogen (secondary N) is 1. The third kappa shape index (κ3) is 4.68. The Bertz CT molecular complexity index is 980. The minimum atomic E-state index is -0.150. The molecule has 2 aliphatic heterocycles. The minimum absolute atomic E-state index is 0.150. The van der Waals surface area contributed by atoms with Crippen molar-refractivity contribution in [2.75, 3.05) is 38.3 Å². The van der Waals surface area contributed by atoms with Crippen molar-refractivity contribution in [3.63, 3.8) is 0 Å². The van der Waals surface area contributed by atoms with Crippen molar-refractivity contribution >= 4 is 40.3 Å². The van der Waals surface area contributed by atoms with Crippen molar-refractivity contribution in [3.8, 4) is 5.75 Å². The van der Waals surface area contributed by atoms with Crippen LogP contribution in [0.25, 0.3) is 6.08 Å². The molecule has 1 amide bonds. The van der Waals surface area contributed by atoms with Gasteiger partial charge in [0, 0.05) is 30.4 Å². The number of hydrogen-bond acceptors (Lipinski definition) is 6. The van der Waals surface area contributed by atoms with E-state index >= 15 is 0 Å². The van der Waals surface area contributed by atoms with Gasteiger partial charge in [0.2, 0.25) is 0 Å². The highest BCUT2D eigenvalue weighted by Crippen LogP contribution is 2.33. The van der Waals surface area contributed by atoms with Gasteiger partial charge in [-0.2, -0.15) is 0 Å². The molecule has 2 aromatic carbocycles. The molecule has 30 heavy (non-hydrogen) atoms. The van der Waals surface area contributed by atoms with Crippen LogP contribution in [0, 0.1) is 0 Å². The lowest BCUT2D eigenvalue weighted by atomic mass is 10.1. The van der Waals surface area contributed by atoms with Gasteiger partial charge >= 0.3 is 0 Å². The molecule has 6 nitrogen and oxygen atoms in total. The molecule has 2 aliphatic rings. The summed E-state index contributed by atoms with van der Waals surface area (Å²) in [4.78, 5) is 19.9. The standard InChI is InChI=1S/C23H25N3O3S/c1-3-16-4-7-18(8-5-16)24-23-25-22(27)21(30-23)14-17-6-9-19(15-20(17)28-2)26-10-12-29-13-11-26/h4-9,14-15H,3,10-13H2,1-2H3,(H,24,25,27)/b21-14-. The van der Waals surface area contributed by atoms with E-state index < -0.39 is 0 Å². The zero-order valence-electron chi connectivity index (χ0n) is 17.2. The van der Waals surface area contributed by atoms with Crippen LogP contribution in [0.4, 0.5) is 11.4 Å². The number of aryl methyl sites for hydroxylation is 1. The number of morpholine rings is 1. The summed E-state index contributed by atoms with van der Waals surface area (Å²) >= 11 is 1.34. The van der Waals surface area contributed by atoms with E-state index in [0.717, 1.165) is 55.4 Å². The highest BCUT2D eigenvalue weighted by molar-refractivity contribution is 8.18. The number of nitrogens with zero attached hydrogens (tertiary/aromatic N) is 2. The number of amides is 1. The quantitative estimate of drug-likeness (QED) is 0.737. The summed E-state index contributed by atoms with van der Waals surface area (Å²) in [5.41, 5.74) is 4.04. The van der Waals surface area contributed by atoms with Crippen LogP contribution in [0.1, 0.15) is 18.1 Å². The average molecular weight is 424 g/mol. The van der Waals surface area contributed by atoms with Gasteiger partial charge in [0.1, 0.15) is 5.75 Å². The number of carbonyl (C=O) groups excluding carboxylic acids is 1. The third-order valence-corrected chi connectivity index (χ3v) is 6.02.